The smallest absolute Gasteiger partial charge is 0.306 e. The van der Waals surface area contributed by atoms with Gasteiger partial charge < -0.3 is 14.2 Å². The molecule has 0 aromatic carbocycles. The SMILES string of the molecule is CCCCC/C=C\C/C=C\CCCCCCCC(=O)OCC(COC(=O)CCCCCCCCCCCCCCCCCCCCCCCCCCCCC)OC(=O)CCCCCCCCC/C=C\C/C=C\CCCCCC. The van der Waals surface area contributed by atoms with E-state index in [4.69, 9.17) is 14.2 Å². The van der Waals surface area contributed by atoms with Crippen molar-refractivity contribution in [3.63, 3.8) is 0 Å². The van der Waals surface area contributed by atoms with E-state index in [0.29, 0.717) is 19.3 Å². The van der Waals surface area contributed by atoms with Gasteiger partial charge in [0.1, 0.15) is 13.2 Å². The zero-order valence-corrected chi connectivity index (χ0v) is 52.5. The van der Waals surface area contributed by atoms with Gasteiger partial charge in [-0.1, -0.05) is 320 Å². The minimum atomic E-state index is -0.783. The van der Waals surface area contributed by atoms with Gasteiger partial charge in [0.15, 0.2) is 6.10 Å². The number of carbonyl (C=O) groups excluding carboxylic acids is 3. The van der Waals surface area contributed by atoms with Crippen molar-refractivity contribution in [3.8, 4) is 0 Å². The minimum Gasteiger partial charge on any atom is -0.462 e. The Morgan fingerprint density at radius 2 is 0.462 bits per heavy atom. The van der Waals surface area contributed by atoms with Gasteiger partial charge in [0.2, 0.25) is 0 Å². The number of allylic oxidation sites excluding steroid dienone is 8. The summed E-state index contributed by atoms with van der Waals surface area (Å²) in [4.78, 5) is 38.4. The third-order valence-electron chi connectivity index (χ3n) is 15.6. The highest BCUT2D eigenvalue weighted by molar-refractivity contribution is 5.71. The quantitative estimate of drug-likeness (QED) is 0.0261. The first-order valence-electron chi connectivity index (χ1n) is 34.6. The standard InChI is InChI=1S/C72H132O6/c1-4-7-10-13-16-19-22-25-28-30-32-33-34-35-36-37-38-39-40-42-44-47-50-53-56-59-62-65-71(74)77-68-69(67-76-70(73)64-61-58-55-52-49-46-43-27-24-21-18-15-12-9-6-3)78-72(75)66-63-60-57-54-51-48-45-41-31-29-26-23-20-17-14-11-8-5-2/h18,20-21,23,27,29,31,43,69H,4-17,19,22,24-26,28,30,32-42,44-68H2,1-3H3/b21-18-,23-20-,31-29-,43-27-. The van der Waals surface area contributed by atoms with Crippen LogP contribution in [-0.4, -0.2) is 37.2 Å². The van der Waals surface area contributed by atoms with Crippen LogP contribution in [0.2, 0.25) is 0 Å². The van der Waals surface area contributed by atoms with Gasteiger partial charge in [-0.3, -0.25) is 14.4 Å². The van der Waals surface area contributed by atoms with E-state index >= 15 is 0 Å². The largest absolute Gasteiger partial charge is 0.462 e. The van der Waals surface area contributed by atoms with E-state index in [2.05, 4.69) is 69.4 Å². The predicted octanol–water partition coefficient (Wildman–Crippen LogP) is 23.7. The van der Waals surface area contributed by atoms with Crippen molar-refractivity contribution >= 4 is 17.9 Å². The summed E-state index contributed by atoms with van der Waals surface area (Å²) in [6, 6.07) is 0. The topological polar surface area (TPSA) is 78.9 Å². The van der Waals surface area contributed by atoms with Crippen LogP contribution in [0, 0.1) is 0 Å². The first-order chi connectivity index (χ1) is 38.5. The molecule has 0 fully saturated rings. The van der Waals surface area contributed by atoms with Crippen LogP contribution in [0.5, 0.6) is 0 Å². The van der Waals surface area contributed by atoms with Gasteiger partial charge in [-0.25, -0.2) is 0 Å². The van der Waals surface area contributed by atoms with Crippen LogP contribution in [0.15, 0.2) is 48.6 Å². The maximum atomic E-state index is 12.9. The van der Waals surface area contributed by atoms with Gasteiger partial charge in [-0.15, -0.1) is 0 Å². The van der Waals surface area contributed by atoms with E-state index in [1.165, 1.54) is 244 Å². The van der Waals surface area contributed by atoms with Gasteiger partial charge in [0.05, 0.1) is 0 Å². The van der Waals surface area contributed by atoms with Crippen LogP contribution in [0.1, 0.15) is 374 Å². The summed E-state index contributed by atoms with van der Waals surface area (Å²) in [6.45, 7) is 6.64. The highest BCUT2D eigenvalue weighted by Crippen LogP contribution is 2.18. The number of rotatable bonds is 64. The molecule has 0 N–H and O–H groups in total. The molecule has 0 aliphatic rings. The minimum absolute atomic E-state index is 0.0773. The molecule has 78 heavy (non-hydrogen) atoms. The molecule has 456 valence electrons. The van der Waals surface area contributed by atoms with Crippen LogP contribution in [0.3, 0.4) is 0 Å². The Morgan fingerprint density at radius 3 is 0.744 bits per heavy atom. The first kappa shape index (κ1) is 75.4. The second-order valence-electron chi connectivity index (χ2n) is 23.4. The molecular formula is C72H132O6. The Kier molecular flexibility index (Phi) is 64.6. The summed E-state index contributed by atoms with van der Waals surface area (Å²) >= 11 is 0. The molecule has 0 aliphatic carbocycles. The third kappa shape index (κ3) is 64.2. The van der Waals surface area contributed by atoms with Gasteiger partial charge in [-0.05, 0) is 83.5 Å². The molecule has 0 heterocycles. The maximum absolute atomic E-state index is 12.9. The molecule has 0 radical (unpaired) electrons. The zero-order valence-electron chi connectivity index (χ0n) is 52.5. The van der Waals surface area contributed by atoms with Gasteiger partial charge in [-0.2, -0.15) is 0 Å². The van der Waals surface area contributed by atoms with Crippen LogP contribution in [-0.2, 0) is 28.6 Å². The molecule has 0 spiro atoms. The number of carbonyl (C=O) groups is 3. The van der Waals surface area contributed by atoms with Gasteiger partial charge in [0.25, 0.3) is 0 Å². The van der Waals surface area contributed by atoms with Crippen molar-refractivity contribution in [3.05, 3.63) is 48.6 Å². The molecule has 1 unspecified atom stereocenters. The van der Waals surface area contributed by atoms with E-state index in [1.807, 2.05) is 0 Å². The highest BCUT2D eigenvalue weighted by Gasteiger charge is 2.19. The van der Waals surface area contributed by atoms with Crippen LogP contribution in [0.4, 0.5) is 0 Å². The molecule has 1 atom stereocenters. The second kappa shape index (κ2) is 66.9. The molecule has 0 bridgehead atoms. The van der Waals surface area contributed by atoms with Crippen molar-refractivity contribution in [2.45, 2.75) is 380 Å². The van der Waals surface area contributed by atoms with Crippen molar-refractivity contribution < 1.29 is 28.6 Å². The average Bonchev–Trinajstić information content (AvgIpc) is 3.44. The Morgan fingerprint density at radius 1 is 0.256 bits per heavy atom. The van der Waals surface area contributed by atoms with Crippen LogP contribution in [0.25, 0.3) is 0 Å². The Balaban J connectivity index is 4.25. The summed E-state index contributed by atoms with van der Waals surface area (Å²) in [5.41, 5.74) is 0. The second-order valence-corrected chi connectivity index (χ2v) is 23.4. The fourth-order valence-corrected chi connectivity index (χ4v) is 10.3. The normalized spacial score (nSPS) is 12.3. The van der Waals surface area contributed by atoms with E-state index in [-0.39, 0.29) is 31.1 Å². The molecule has 0 saturated heterocycles. The Hall–Kier alpha value is -2.63. The molecule has 0 aromatic heterocycles. The van der Waals surface area contributed by atoms with E-state index < -0.39 is 6.10 Å². The predicted molar refractivity (Wildman–Crippen MR) is 339 cm³/mol. The van der Waals surface area contributed by atoms with E-state index in [9.17, 15) is 14.4 Å². The van der Waals surface area contributed by atoms with Crippen molar-refractivity contribution in [1.82, 2.24) is 0 Å². The maximum Gasteiger partial charge on any atom is 0.306 e. The number of ether oxygens (including phenoxy) is 3. The summed E-state index contributed by atoms with van der Waals surface area (Å²) < 4.78 is 17.0. The lowest BCUT2D eigenvalue weighted by atomic mass is 10.0. The number of esters is 3. The first-order valence-corrected chi connectivity index (χ1v) is 34.6. The number of hydrogen-bond donors (Lipinski definition) is 0. The number of hydrogen-bond acceptors (Lipinski definition) is 6. The zero-order chi connectivity index (χ0) is 56.4. The lowest BCUT2D eigenvalue weighted by Gasteiger charge is -2.18. The fourth-order valence-electron chi connectivity index (χ4n) is 10.3. The molecule has 0 amide bonds. The average molecular weight is 1090 g/mol. The van der Waals surface area contributed by atoms with Crippen molar-refractivity contribution in [2.75, 3.05) is 13.2 Å². The van der Waals surface area contributed by atoms with Gasteiger partial charge >= 0.3 is 17.9 Å². The summed E-state index contributed by atoms with van der Waals surface area (Å²) in [5.74, 6) is -0.876. The molecule has 6 nitrogen and oxygen atoms in total. The molecular weight excluding hydrogens is 961 g/mol. The summed E-state index contributed by atoms with van der Waals surface area (Å²) in [6.07, 6.45) is 84.2. The Bertz CT molecular complexity index is 1350. The summed E-state index contributed by atoms with van der Waals surface area (Å²) in [7, 11) is 0. The Labute approximate surface area is 486 Å². The molecule has 0 aromatic rings. The summed E-state index contributed by atoms with van der Waals surface area (Å²) in [5, 5.41) is 0. The molecule has 0 saturated carbocycles. The number of unbranched alkanes of at least 4 members (excludes halogenated alkanes) is 45. The molecule has 6 heteroatoms. The lowest BCUT2D eigenvalue weighted by molar-refractivity contribution is -0.167. The van der Waals surface area contributed by atoms with Crippen LogP contribution < -0.4 is 0 Å². The fraction of sp³-hybridized carbons (Fsp3) is 0.847. The monoisotopic (exact) mass is 1090 g/mol. The van der Waals surface area contributed by atoms with E-state index in [0.717, 1.165) is 89.9 Å². The highest BCUT2D eigenvalue weighted by atomic mass is 16.6. The third-order valence-corrected chi connectivity index (χ3v) is 15.6. The van der Waals surface area contributed by atoms with Crippen molar-refractivity contribution in [1.29, 1.82) is 0 Å². The molecule has 0 aliphatic heterocycles. The van der Waals surface area contributed by atoms with Crippen molar-refractivity contribution in [2.24, 2.45) is 0 Å². The lowest BCUT2D eigenvalue weighted by Crippen LogP contribution is -2.30. The van der Waals surface area contributed by atoms with E-state index in [1.54, 1.807) is 0 Å². The van der Waals surface area contributed by atoms with Gasteiger partial charge in [0, 0.05) is 19.3 Å². The molecule has 0 rings (SSSR count). The van der Waals surface area contributed by atoms with Crippen LogP contribution >= 0.6 is 0 Å².